The average Bonchev–Trinajstić information content (AvgIpc) is 2.35. The van der Waals surface area contributed by atoms with Crippen molar-refractivity contribution in [2.24, 2.45) is 0 Å². The Morgan fingerprint density at radius 3 is 2.83 bits per heavy atom. The Labute approximate surface area is 69.8 Å². The molecule has 0 N–H and O–H groups in total. The van der Waals surface area contributed by atoms with E-state index in [0.717, 1.165) is 0 Å². The summed E-state index contributed by atoms with van der Waals surface area (Å²) in [6, 6.07) is 1.53. The molecule has 0 saturated heterocycles. The molecule has 4 heteroatoms. The SMILES string of the molecule is C=C(C)C(=O)Oc1cc(C)on1. The molecule has 4 nitrogen and oxygen atoms in total. The second kappa shape index (κ2) is 3.21. The van der Waals surface area contributed by atoms with Gasteiger partial charge in [0.15, 0.2) is 0 Å². The first-order valence-electron chi connectivity index (χ1n) is 3.40. The fourth-order valence-corrected chi connectivity index (χ4v) is 0.574. The van der Waals surface area contributed by atoms with Crippen LogP contribution in [-0.4, -0.2) is 11.1 Å². The zero-order chi connectivity index (χ0) is 9.14. The fraction of sp³-hybridized carbons (Fsp3) is 0.250. The van der Waals surface area contributed by atoms with Gasteiger partial charge in [-0.1, -0.05) is 6.58 Å². The van der Waals surface area contributed by atoms with Crippen LogP contribution < -0.4 is 4.74 Å². The lowest BCUT2D eigenvalue weighted by Gasteiger charge is -1.96. The number of nitrogens with zero attached hydrogens (tertiary/aromatic N) is 1. The molecule has 0 bridgehead atoms. The molecule has 0 unspecified atom stereocenters. The topological polar surface area (TPSA) is 52.3 Å². The van der Waals surface area contributed by atoms with Crippen LogP contribution in [0.1, 0.15) is 12.7 Å². The van der Waals surface area contributed by atoms with E-state index in [1.165, 1.54) is 6.07 Å². The molecule has 0 amide bonds. The maximum Gasteiger partial charge on any atom is 0.339 e. The summed E-state index contributed by atoms with van der Waals surface area (Å²) in [7, 11) is 0. The van der Waals surface area contributed by atoms with E-state index in [2.05, 4.69) is 16.3 Å². The highest BCUT2D eigenvalue weighted by Gasteiger charge is 2.08. The Morgan fingerprint density at radius 1 is 1.75 bits per heavy atom. The molecular formula is C8H9NO3. The first-order chi connectivity index (χ1) is 5.59. The van der Waals surface area contributed by atoms with Crippen LogP contribution in [0.4, 0.5) is 0 Å². The van der Waals surface area contributed by atoms with E-state index in [-0.39, 0.29) is 5.88 Å². The van der Waals surface area contributed by atoms with Crippen molar-refractivity contribution in [1.82, 2.24) is 5.16 Å². The van der Waals surface area contributed by atoms with Crippen molar-refractivity contribution in [2.75, 3.05) is 0 Å². The Hall–Kier alpha value is -1.58. The first kappa shape index (κ1) is 8.52. The second-order valence-electron chi connectivity index (χ2n) is 2.45. The fourth-order valence-electron chi connectivity index (χ4n) is 0.574. The number of esters is 1. The van der Waals surface area contributed by atoms with Gasteiger partial charge in [-0.15, -0.1) is 0 Å². The van der Waals surface area contributed by atoms with Gasteiger partial charge in [-0.25, -0.2) is 4.79 Å². The Balaban J connectivity index is 2.64. The van der Waals surface area contributed by atoms with Gasteiger partial charge in [0, 0.05) is 11.6 Å². The van der Waals surface area contributed by atoms with E-state index in [1.807, 2.05) is 0 Å². The van der Waals surface area contributed by atoms with Gasteiger partial charge in [-0.05, 0) is 19.0 Å². The summed E-state index contributed by atoms with van der Waals surface area (Å²) in [5.74, 6) is 0.267. The third-order valence-electron chi connectivity index (χ3n) is 1.15. The summed E-state index contributed by atoms with van der Waals surface area (Å²) in [6.07, 6.45) is 0. The highest BCUT2D eigenvalue weighted by atomic mass is 16.6. The lowest BCUT2D eigenvalue weighted by molar-refractivity contribution is -0.130. The summed E-state index contributed by atoms with van der Waals surface area (Å²) in [4.78, 5) is 10.9. The maximum atomic E-state index is 10.9. The van der Waals surface area contributed by atoms with Crippen LogP contribution in [0, 0.1) is 6.92 Å². The van der Waals surface area contributed by atoms with Gasteiger partial charge in [0.1, 0.15) is 5.76 Å². The maximum absolute atomic E-state index is 10.9. The van der Waals surface area contributed by atoms with Crippen molar-refractivity contribution in [1.29, 1.82) is 0 Å². The van der Waals surface area contributed by atoms with Crippen LogP contribution in [0.2, 0.25) is 0 Å². The molecule has 0 aliphatic heterocycles. The van der Waals surface area contributed by atoms with Gasteiger partial charge in [0.25, 0.3) is 5.88 Å². The lowest BCUT2D eigenvalue weighted by atomic mass is 10.4. The molecule has 0 fully saturated rings. The molecule has 12 heavy (non-hydrogen) atoms. The Kier molecular flexibility index (Phi) is 2.28. The molecule has 1 rings (SSSR count). The molecule has 0 radical (unpaired) electrons. The van der Waals surface area contributed by atoms with Crippen molar-refractivity contribution in [2.45, 2.75) is 13.8 Å². The monoisotopic (exact) mass is 167 g/mol. The first-order valence-corrected chi connectivity index (χ1v) is 3.40. The van der Waals surface area contributed by atoms with Crippen molar-refractivity contribution in [3.05, 3.63) is 24.0 Å². The van der Waals surface area contributed by atoms with Gasteiger partial charge in [0.05, 0.1) is 0 Å². The number of ether oxygens (including phenoxy) is 1. The number of hydrogen-bond donors (Lipinski definition) is 0. The van der Waals surface area contributed by atoms with E-state index in [0.29, 0.717) is 11.3 Å². The quantitative estimate of drug-likeness (QED) is 0.494. The number of rotatable bonds is 2. The number of carbonyl (C=O) groups excluding carboxylic acids is 1. The van der Waals surface area contributed by atoms with E-state index >= 15 is 0 Å². The largest absolute Gasteiger partial charge is 0.401 e. The highest BCUT2D eigenvalue weighted by molar-refractivity contribution is 5.88. The molecule has 0 atom stereocenters. The predicted molar refractivity (Wildman–Crippen MR) is 41.7 cm³/mol. The zero-order valence-electron chi connectivity index (χ0n) is 6.96. The van der Waals surface area contributed by atoms with Crippen molar-refractivity contribution >= 4 is 5.97 Å². The van der Waals surface area contributed by atoms with E-state index in [4.69, 9.17) is 4.74 Å². The van der Waals surface area contributed by atoms with Gasteiger partial charge < -0.3 is 9.26 Å². The molecule has 0 aromatic carbocycles. The van der Waals surface area contributed by atoms with E-state index in [9.17, 15) is 4.79 Å². The van der Waals surface area contributed by atoms with Gasteiger partial charge in [-0.3, -0.25) is 0 Å². The van der Waals surface area contributed by atoms with Crippen molar-refractivity contribution in [3.8, 4) is 5.88 Å². The number of carbonyl (C=O) groups is 1. The molecule has 1 heterocycles. The molecule has 0 aliphatic rings. The highest BCUT2D eigenvalue weighted by Crippen LogP contribution is 2.10. The third kappa shape index (κ3) is 1.95. The van der Waals surface area contributed by atoms with Crippen molar-refractivity contribution in [3.63, 3.8) is 0 Å². The minimum atomic E-state index is -0.497. The summed E-state index contributed by atoms with van der Waals surface area (Å²) in [6.45, 7) is 6.70. The molecule has 64 valence electrons. The zero-order valence-corrected chi connectivity index (χ0v) is 6.96. The van der Waals surface area contributed by atoms with Crippen LogP contribution in [0.5, 0.6) is 5.88 Å². The van der Waals surface area contributed by atoms with Crippen molar-refractivity contribution < 1.29 is 14.1 Å². The van der Waals surface area contributed by atoms with Crippen LogP contribution in [0.15, 0.2) is 22.7 Å². The molecule has 1 aromatic rings. The summed E-state index contributed by atoms with van der Waals surface area (Å²) in [5, 5.41) is 3.48. The van der Waals surface area contributed by atoms with Crippen LogP contribution in [0.25, 0.3) is 0 Å². The normalized spacial score (nSPS) is 9.50. The third-order valence-corrected chi connectivity index (χ3v) is 1.15. The Morgan fingerprint density at radius 2 is 2.42 bits per heavy atom. The minimum Gasteiger partial charge on any atom is -0.401 e. The molecule has 0 saturated carbocycles. The predicted octanol–water partition coefficient (Wildman–Crippen LogP) is 1.46. The lowest BCUT2D eigenvalue weighted by Crippen LogP contribution is -2.08. The van der Waals surface area contributed by atoms with Crippen LogP contribution in [0.3, 0.4) is 0 Å². The molecule has 0 aliphatic carbocycles. The molecule has 0 spiro atoms. The van der Waals surface area contributed by atoms with Gasteiger partial charge in [-0.2, -0.15) is 0 Å². The van der Waals surface area contributed by atoms with Crippen LogP contribution >= 0.6 is 0 Å². The smallest absolute Gasteiger partial charge is 0.339 e. The van der Waals surface area contributed by atoms with E-state index < -0.39 is 5.97 Å². The van der Waals surface area contributed by atoms with E-state index in [1.54, 1.807) is 13.8 Å². The average molecular weight is 167 g/mol. The number of aryl methyl sites for hydroxylation is 1. The summed E-state index contributed by atoms with van der Waals surface area (Å²) in [5.41, 5.74) is 0.329. The standard InChI is InChI=1S/C8H9NO3/c1-5(2)8(10)11-7-4-6(3)12-9-7/h4H,1H2,2-3H3. The summed E-state index contributed by atoms with van der Waals surface area (Å²) >= 11 is 0. The van der Waals surface area contributed by atoms with Gasteiger partial charge >= 0.3 is 5.97 Å². The van der Waals surface area contributed by atoms with Crippen LogP contribution in [-0.2, 0) is 4.79 Å². The number of hydrogen-bond acceptors (Lipinski definition) is 4. The minimum absolute atomic E-state index is 0.167. The second-order valence-corrected chi connectivity index (χ2v) is 2.45. The molecule has 1 aromatic heterocycles. The summed E-state index contributed by atoms with van der Waals surface area (Å²) < 4.78 is 9.44. The van der Waals surface area contributed by atoms with Gasteiger partial charge in [0.2, 0.25) is 0 Å². The molecular weight excluding hydrogens is 158 g/mol. The number of aromatic nitrogens is 1. The Bertz CT molecular complexity index is 314.